The van der Waals surface area contributed by atoms with Gasteiger partial charge in [-0.2, -0.15) is 0 Å². The lowest BCUT2D eigenvalue weighted by Gasteiger charge is -2.05. The number of unbranched alkanes of at least 4 members (excludes halogenated alkanes) is 1. The number of nitrogens with zero attached hydrogens (tertiary/aromatic N) is 1. The van der Waals surface area contributed by atoms with Gasteiger partial charge in [0.25, 0.3) is 5.56 Å². The molecule has 0 atom stereocenters. The Kier molecular flexibility index (Phi) is 3.86. The van der Waals surface area contributed by atoms with Crippen molar-refractivity contribution in [3.05, 3.63) is 27.9 Å². The lowest BCUT2D eigenvalue weighted by Crippen LogP contribution is -2.13. The summed E-state index contributed by atoms with van der Waals surface area (Å²) in [4.78, 5) is 18.5. The molecule has 0 spiro atoms. The molecule has 1 N–H and O–H groups in total. The minimum Gasteiger partial charge on any atom is -0.311 e. The Hall–Kier alpha value is -1.12. The van der Waals surface area contributed by atoms with E-state index in [1.165, 1.54) is 0 Å². The zero-order valence-electron chi connectivity index (χ0n) is 9.13. The maximum Gasteiger partial charge on any atom is 0.251 e. The maximum absolute atomic E-state index is 11.3. The van der Waals surface area contributed by atoms with Crippen LogP contribution >= 0.6 is 0 Å². The largest absolute Gasteiger partial charge is 0.311 e. The third-order valence-corrected chi connectivity index (χ3v) is 2.17. The van der Waals surface area contributed by atoms with Crippen molar-refractivity contribution in [1.82, 2.24) is 9.97 Å². The summed E-state index contributed by atoms with van der Waals surface area (Å²) >= 11 is 0. The van der Waals surface area contributed by atoms with E-state index in [0.717, 1.165) is 30.8 Å². The Morgan fingerprint density at radius 1 is 1.50 bits per heavy atom. The van der Waals surface area contributed by atoms with Gasteiger partial charge < -0.3 is 4.98 Å². The summed E-state index contributed by atoms with van der Waals surface area (Å²) in [5.74, 6) is 1.14. The van der Waals surface area contributed by atoms with Gasteiger partial charge >= 0.3 is 0 Å². The van der Waals surface area contributed by atoms with E-state index in [0.29, 0.717) is 5.92 Å². The van der Waals surface area contributed by atoms with E-state index in [2.05, 4.69) is 16.9 Å². The van der Waals surface area contributed by atoms with Crippen LogP contribution in [-0.4, -0.2) is 9.97 Å². The molecule has 0 amide bonds. The maximum atomic E-state index is 11.3. The summed E-state index contributed by atoms with van der Waals surface area (Å²) in [6.45, 7) is 6.22. The minimum absolute atomic E-state index is 0.0326. The van der Waals surface area contributed by atoms with Crippen molar-refractivity contribution in [2.45, 2.75) is 46.0 Å². The van der Waals surface area contributed by atoms with E-state index in [4.69, 9.17) is 0 Å². The average molecular weight is 194 g/mol. The van der Waals surface area contributed by atoms with Crippen molar-refractivity contribution in [3.8, 4) is 0 Å². The van der Waals surface area contributed by atoms with Crippen molar-refractivity contribution >= 4 is 0 Å². The van der Waals surface area contributed by atoms with E-state index in [9.17, 15) is 4.79 Å². The molecule has 0 aliphatic rings. The Morgan fingerprint density at radius 3 is 2.79 bits per heavy atom. The van der Waals surface area contributed by atoms with Crippen LogP contribution in [0.15, 0.2) is 10.9 Å². The van der Waals surface area contributed by atoms with Gasteiger partial charge in [-0.15, -0.1) is 0 Å². The number of hydrogen-bond donors (Lipinski definition) is 1. The molecule has 0 fully saturated rings. The number of aromatic nitrogens is 2. The monoisotopic (exact) mass is 194 g/mol. The predicted octanol–water partition coefficient (Wildman–Crippen LogP) is 2.24. The fourth-order valence-corrected chi connectivity index (χ4v) is 1.29. The van der Waals surface area contributed by atoms with Crippen molar-refractivity contribution < 1.29 is 0 Å². The van der Waals surface area contributed by atoms with Gasteiger partial charge in [-0.1, -0.05) is 27.2 Å². The van der Waals surface area contributed by atoms with Crippen LogP contribution in [0.4, 0.5) is 0 Å². The van der Waals surface area contributed by atoms with Crippen molar-refractivity contribution in [3.63, 3.8) is 0 Å². The molecule has 14 heavy (non-hydrogen) atoms. The fraction of sp³-hybridized carbons (Fsp3) is 0.636. The molecule has 0 aliphatic carbocycles. The van der Waals surface area contributed by atoms with Crippen LogP contribution in [0.3, 0.4) is 0 Å². The summed E-state index contributed by atoms with van der Waals surface area (Å²) in [5, 5.41) is 0. The molecule has 0 saturated heterocycles. The molecule has 0 saturated carbocycles. The van der Waals surface area contributed by atoms with Gasteiger partial charge in [0.15, 0.2) is 0 Å². The Morgan fingerprint density at radius 2 is 2.21 bits per heavy atom. The smallest absolute Gasteiger partial charge is 0.251 e. The van der Waals surface area contributed by atoms with Crippen molar-refractivity contribution in [2.24, 2.45) is 0 Å². The lowest BCUT2D eigenvalue weighted by atomic mass is 10.1. The van der Waals surface area contributed by atoms with Crippen LogP contribution in [0.25, 0.3) is 0 Å². The topological polar surface area (TPSA) is 45.8 Å². The molecule has 0 bridgehead atoms. The second kappa shape index (κ2) is 4.94. The van der Waals surface area contributed by atoms with Crippen LogP contribution in [0.5, 0.6) is 0 Å². The van der Waals surface area contributed by atoms with Gasteiger partial charge in [-0.05, 0) is 12.3 Å². The standard InChI is InChI=1S/C11H18N2O/c1-4-5-6-10-12-9(8(2)3)7-11(14)13-10/h7-8H,4-6H2,1-3H3,(H,12,13,14). The Labute approximate surface area is 84.6 Å². The zero-order valence-corrected chi connectivity index (χ0v) is 9.13. The van der Waals surface area contributed by atoms with Crippen LogP contribution in [0.2, 0.25) is 0 Å². The predicted molar refractivity (Wildman–Crippen MR) is 57.6 cm³/mol. The third kappa shape index (κ3) is 2.98. The lowest BCUT2D eigenvalue weighted by molar-refractivity contribution is 0.720. The van der Waals surface area contributed by atoms with Crippen molar-refractivity contribution in [1.29, 1.82) is 0 Å². The number of nitrogens with one attached hydrogen (secondary N) is 1. The molecule has 0 unspecified atom stereocenters. The number of H-pyrrole nitrogens is 1. The molecule has 0 aliphatic heterocycles. The van der Waals surface area contributed by atoms with Gasteiger partial charge in [0.1, 0.15) is 5.82 Å². The molecular formula is C11H18N2O. The molecule has 1 rings (SSSR count). The highest BCUT2D eigenvalue weighted by molar-refractivity contribution is 5.06. The molecule has 0 radical (unpaired) electrons. The van der Waals surface area contributed by atoms with Gasteiger partial charge in [-0.25, -0.2) is 4.98 Å². The summed E-state index contributed by atoms with van der Waals surface area (Å²) < 4.78 is 0. The molecule has 1 aromatic rings. The molecule has 1 aromatic heterocycles. The number of hydrogen-bond acceptors (Lipinski definition) is 2. The summed E-state index contributed by atoms with van der Waals surface area (Å²) in [6.07, 6.45) is 3.06. The van der Waals surface area contributed by atoms with Gasteiger partial charge in [0.05, 0.1) is 5.69 Å². The molecule has 0 aromatic carbocycles. The van der Waals surface area contributed by atoms with Gasteiger partial charge in [0, 0.05) is 12.5 Å². The normalized spacial score (nSPS) is 10.9. The highest BCUT2D eigenvalue weighted by Gasteiger charge is 2.04. The molecule has 3 nitrogen and oxygen atoms in total. The quantitative estimate of drug-likeness (QED) is 0.799. The van der Waals surface area contributed by atoms with Crippen molar-refractivity contribution in [2.75, 3.05) is 0 Å². The first kappa shape index (κ1) is 11.0. The summed E-state index contributed by atoms with van der Waals surface area (Å²) in [7, 11) is 0. The fourth-order valence-electron chi connectivity index (χ4n) is 1.29. The summed E-state index contributed by atoms with van der Waals surface area (Å²) in [5.41, 5.74) is 0.856. The Bertz CT molecular complexity index is 341. The second-order valence-corrected chi connectivity index (χ2v) is 3.88. The van der Waals surface area contributed by atoms with Crippen LogP contribution in [-0.2, 0) is 6.42 Å². The highest BCUT2D eigenvalue weighted by Crippen LogP contribution is 2.09. The van der Waals surface area contributed by atoms with E-state index >= 15 is 0 Å². The summed E-state index contributed by atoms with van der Waals surface area (Å²) in [6, 6.07) is 1.58. The molecule has 3 heteroatoms. The average Bonchev–Trinajstić information content (AvgIpc) is 2.14. The zero-order chi connectivity index (χ0) is 10.6. The SMILES string of the molecule is CCCCc1nc(C(C)C)cc(=O)[nH]1. The number of aryl methyl sites for hydroxylation is 1. The van der Waals surface area contributed by atoms with E-state index < -0.39 is 0 Å². The minimum atomic E-state index is -0.0326. The van der Waals surface area contributed by atoms with Gasteiger partial charge in [-0.3, -0.25) is 4.79 Å². The van der Waals surface area contributed by atoms with Crippen LogP contribution in [0, 0.1) is 0 Å². The number of rotatable bonds is 4. The Balaban J connectivity index is 2.90. The van der Waals surface area contributed by atoms with Gasteiger partial charge in [0.2, 0.25) is 0 Å². The molecular weight excluding hydrogens is 176 g/mol. The van der Waals surface area contributed by atoms with E-state index in [1.54, 1.807) is 6.07 Å². The highest BCUT2D eigenvalue weighted by atomic mass is 16.1. The van der Waals surface area contributed by atoms with E-state index in [-0.39, 0.29) is 5.56 Å². The third-order valence-electron chi connectivity index (χ3n) is 2.17. The molecule has 1 heterocycles. The molecule has 78 valence electrons. The first-order chi connectivity index (χ1) is 6.63. The first-order valence-corrected chi connectivity index (χ1v) is 5.23. The van der Waals surface area contributed by atoms with Crippen LogP contribution in [0.1, 0.15) is 51.0 Å². The first-order valence-electron chi connectivity index (χ1n) is 5.23. The van der Waals surface area contributed by atoms with E-state index in [1.807, 2.05) is 13.8 Å². The second-order valence-electron chi connectivity index (χ2n) is 3.88. The van der Waals surface area contributed by atoms with Crippen LogP contribution < -0.4 is 5.56 Å². The number of aromatic amines is 1.